The van der Waals surface area contributed by atoms with Crippen molar-refractivity contribution in [3.63, 3.8) is 0 Å². The maximum Gasteiger partial charge on any atom is 0.289 e. The van der Waals surface area contributed by atoms with Crippen LogP contribution in [-0.4, -0.2) is 59.7 Å². The average Bonchev–Trinajstić information content (AvgIpc) is 3.56. The second kappa shape index (κ2) is 16.2. The van der Waals surface area contributed by atoms with Crippen molar-refractivity contribution in [1.29, 1.82) is 0 Å². The van der Waals surface area contributed by atoms with Crippen LogP contribution in [0.5, 0.6) is 0 Å². The normalized spacial score (nSPS) is 13.8. The minimum Gasteiger partial charge on any atom is -0.451 e. The Hall–Kier alpha value is -4.63. The number of para-hydroxylation sites is 1. The number of halogens is 2. The SMILES string of the molecule is CC(c1cccc(-c2ccccc2C(=O)NCCN)c1)N(C(=O)Cc1ccc(Cl)cc1)C1CCN(C(=O)c2cc3ccccc3o2)CC1.Cl. The maximum absolute atomic E-state index is 14.2. The summed E-state index contributed by atoms with van der Waals surface area (Å²) >= 11 is 6.13. The number of nitrogens with one attached hydrogen (secondary N) is 1. The fourth-order valence-electron chi connectivity index (χ4n) is 6.53. The number of piperidine rings is 1. The molecule has 1 fully saturated rings. The Bertz CT molecular complexity index is 1890. The Balaban J connectivity index is 0.00000468. The number of hydrogen-bond donors (Lipinski definition) is 2. The van der Waals surface area contributed by atoms with Crippen LogP contribution in [0.3, 0.4) is 0 Å². The summed E-state index contributed by atoms with van der Waals surface area (Å²) in [7, 11) is 0. The number of hydrogen-bond acceptors (Lipinski definition) is 5. The number of carbonyl (C=O) groups excluding carboxylic acids is 3. The maximum atomic E-state index is 14.2. The van der Waals surface area contributed by atoms with Crippen molar-refractivity contribution in [3.8, 4) is 11.1 Å². The lowest BCUT2D eigenvalue weighted by Gasteiger charge is -2.41. The van der Waals surface area contributed by atoms with Gasteiger partial charge in [0.05, 0.1) is 12.5 Å². The lowest BCUT2D eigenvalue weighted by atomic mass is 9.93. The summed E-state index contributed by atoms with van der Waals surface area (Å²) < 4.78 is 5.86. The van der Waals surface area contributed by atoms with E-state index >= 15 is 0 Å². The van der Waals surface area contributed by atoms with E-state index in [0.29, 0.717) is 61.0 Å². The molecule has 0 bridgehead atoms. The van der Waals surface area contributed by atoms with E-state index in [1.807, 2.05) is 89.5 Å². The molecule has 1 aliphatic heterocycles. The van der Waals surface area contributed by atoms with Crippen LogP contribution < -0.4 is 11.1 Å². The quantitative estimate of drug-likeness (QED) is 0.159. The van der Waals surface area contributed by atoms with Gasteiger partial charge in [-0.3, -0.25) is 14.4 Å². The number of nitrogens with zero attached hydrogens (tertiary/aromatic N) is 2. The molecule has 5 aromatic rings. The Morgan fingerprint density at radius 1 is 0.939 bits per heavy atom. The number of furan rings is 1. The molecule has 3 N–H and O–H groups in total. The van der Waals surface area contributed by atoms with Crippen molar-refractivity contribution in [1.82, 2.24) is 15.1 Å². The van der Waals surface area contributed by atoms with Crippen LogP contribution in [-0.2, 0) is 11.2 Å². The number of fused-ring (bicyclic) bond motifs is 1. The molecule has 0 spiro atoms. The number of rotatable bonds is 10. The zero-order valence-corrected chi connectivity index (χ0v) is 28.9. The Morgan fingerprint density at radius 2 is 1.65 bits per heavy atom. The first-order chi connectivity index (χ1) is 23.3. The second-order valence-electron chi connectivity index (χ2n) is 12.2. The zero-order chi connectivity index (χ0) is 33.6. The highest BCUT2D eigenvalue weighted by Gasteiger charge is 2.34. The van der Waals surface area contributed by atoms with Gasteiger partial charge in [-0.25, -0.2) is 0 Å². The van der Waals surface area contributed by atoms with Gasteiger partial charge in [-0.05, 0) is 78.4 Å². The molecular formula is C39H40Cl2N4O4. The van der Waals surface area contributed by atoms with E-state index in [9.17, 15) is 14.4 Å². The smallest absolute Gasteiger partial charge is 0.289 e. The largest absolute Gasteiger partial charge is 0.451 e. The molecule has 10 heteroatoms. The lowest BCUT2D eigenvalue weighted by Crippen LogP contribution is -2.50. The van der Waals surface area contributed by atoms with E-state index in [0.717, 1.165) is 27.6 Å². The fraction of sp³-hybridized carbons (Fsp3) is 0.256. The third-order valence-corrected chi connectivity index (χ3v) is 9.29. The van der Waals surface area contributed by atoms with Gasteiger partial charge in [-0.2, -0.15) is 0 Å². The van der Waals surface area contributed by atoms with Gasteiger partial charge in [0.1, 0.15) is 5.58 Å². The topological polar surface area (TPSA) is 109 Å². The Morgan fingerprint density at radius 3 is 2.39 bits per heavy atom. The first-order valence-corrected chi connectivity index (χ1v) is 16.7. The van der Waals surface area contributed by atoms with Crippen molar-refractivity contribution in [2.75, 3.05) is 26.2 Å². The lowest BCUT2D eigenvalue weighted by molar-refractivity contribution is -0.136. The first-order valence-electron chi connectivity index (χ1n) is 16.3. The van der Waals surface area contributed by atoms with Gasteiger partial charge in [0, 0.05) is 48.2 Å². The van der Waals surface area contributed by atoms with E-state index in [1.54, 1.807) is 24.3 Å². The van der Waals surface area contributed by atoms with Gasteiger partial charge in [-0.1, -0.05) is 78.3 Å². The standard InChI is InChI=1S/C39H39ClN4O4.ClH/c1-26(28-8-6-9-29(24-28)33-10-3-4-11-34(33)38(46)42-20-19-41)44(37(45)23-27-13-15-31(40)16-14-27)32-17-21-43(22-18-32)39(47)36-25-30-7-2-5-12-35(30)48-36;/h2-16,24-26,32H,17-23,41H2,1H3,(H,42,46);1H. The molecule has 2 heterocycles. The van der Waals surface area contributed by atoms with Crippen LogP contribution in [0.15, 0.2) is 108 Å². The highest BCUT2D eigenvalue weighted by molar-refractivity contribution is 6.30. The van der Waals surface area contributed by atoms with Crippen LogP contribution in [0.2, 0.25) is 5.02 Å². The molecule has 0 saturated carbocycles. The summed E-state index contributed by atoms with van der Waals surface area (Å²) in [5.41, 5.74) is 10.4. The number of amides is 3. The van der Waals surface area contributed by atoms with Gasteiger partial charge in [-0.15, -0.1) is 12.4 Å². The van der Waals surface area contributed by atoms with Crippen molar-refractivity contribution in [2.45, 2.75) is 38.3 Å². The number of nitrogens with two attached hydrogens (primary N) is 1. The molecule has 1 aromatic heterocycles. The molecule has 254 valence electrons. The van der Waals surface area contributed by atoms with Gasteiger partial charge >= 0.3 is 0 Å². The summed E-state index contributed by atoms with van der Waals surface area (Å²) in [4.78, 5) is 44.4. The van der Waals surface area contributed by atoms with Crippen LogP contribution >= 0.6 is 24.0 Å². The predicted octanol–water partition coefficient (Wildman–Crippen LogP) is 7.30. The second-order valence-corrected chi connectivity index (χ2v) is 12.6. The molecule has 3 amide bonds. The number of benzene rings is 4. The van der Waals surface area contributed by atoms with Crippen LogP contribution in [0.25, 0.3) is 22.1 Å². The fourth-order valence-corrected chi connectivity index (χ4v) is 6.66. The first kappa shape index (κ1) is 35.7. The molecular weight excluding hydrogens is 659 g/mol. The number of carbonyl (C=O) groups is 3. The van der Waals surface area contributed by atoms with E-state index < -0.39 is 0 Å². The highest BCUT2D eigenvalue weighted by Crippen LogP contribution is 2.33. The Kier molecular flexibility index (Phi) is 11.8. The minimum atomic E-state index is -0.273. The molecule has 6 rings (SSSR count). The molecule has 0 aliphatic carbocycles. The monoisotopic (exact) mass is 698 g/mol. The summed E-state index contributed by atoms with van der Waals surface area (Å²) in [6.45, 7) is 3.79. The van der Waals surface area contributed by atoms with Crippen molar-refractivity contribution < 1.29 is 18.8 Å². The molecule has 1 saturated heterocycles. The van der Waals surface area contributed by atoms with Crippen LogP contribution in [0, 0.1) is 0 Å². The van der Waals surface area contributed by atoms with E-state index in [2.05, 4.69) is 11.4 Å². The molecule has 0 radical (unpaired) electrons. The van der Waals surface area contributed by atoms with Gasteiger partial charge in [0.15, 0.2) is 5.76 Å². The summed E-state index contributed by atoms with van der Waals surface area (Å²) in [6.07, 6.45) is 1.49. The van der Waals surface area contributed by atoms with Gasteiger partial charge < -0.3 is 25.3 Å². The number of likely N-dealkylation sites (tertiary alicyclic amines) is 1. The summed E-state index contributed by atoms with van der Waals surface area (Å²) in [5, 5.41) is 4.38. The molecule has 49 heavy (non-hydrogen) atoms. The summed E-state index contributed by atoms with van der Waals surface area (Å²) in [6, 6.07) is 31.9. The van der Waals surface area contributed by atoms with Crippen LogP contribution in [0.4, 0.5) is 0 Å². The van der Waals surface area contributed by atoms with Crippen molar-refractivity contribution >= 4 is 52.7 Å². The predicted molar refractivity (Wildman–Crippen MR) is 196 cm³/mol. The molecule has 1 aliphatic rings. The summed E-state index contributed by atoms with van der Waals surface area (Å²) in [5.74, 6) is 0.00294. The van der Waals surface area contributed by atoms with Crippen molar-refractivity contribution in [2.24, 2.45) is 5.73 Å². The average molecular weight is 700 g/mol. The molecule has 1 unspecified atom stereocenters. The van der Waals surface area contributed by atoms with Gasteiger partial charge in [0.2, 0.25) is 5.91 Å². The zero-order valence-electron chi connectivity index (χ0n) is 27.3. The van der Waals surface area contributed by atoms with E-state index in [1.165, 1.54) is 0 Å². The Labute approximate surface area is 297 Å². The third kappa shape index (κ3) is 8.16. The van der Waals surface area contributed by atoms with E-state index in [-0.39, 0.29) is 48.6 Å². The molecule has 1 atom stereocenters. The molecule has 4 aromatic carbocycles. The van der Waals surface area contributed by atoms with Crippen LogP contribution in [0.1, 0.15) is 57.8 Å². The van der Waals surface area contributed by atoms with E-state index in [4.69, 9.17) is 21.8 Å². The molecule has 8 nitrogen and oxygen atoms in total. The minimum absolute atomic E-state index is 0. The van der Waals surface area contributed by atoms with Gasteiger partial charge in [0.25, 0.3) is 11.8 Å². The highest BCUT2D eigenvalue weighted by atomic mass is 35.5. The third-order valence-electron chi connectivity index (χ3n) is 9.04. The van der Waals surface area contributed by atoms with Crippen molar-refractivity contribution in [3.05, 3.63) is 131 Å².